The zero-order valence-electron chi connectivity index (χ0n) is 13.6. The number of likely N-dealkylation sites (N-methyl/N-ethyl adjacent to an activating group) is 1. The molecule has 0 bridgehead atoms. The van der Waals surface area contributed by atoms with Crippen molar-refractivity contribution < 1.29 is 14.6 Å². The van der Waals surface area contributed by atoms with Gasteiger partial charge in [0.25, 0.3) is 0 Å². The maximum Gasteiger partial charge on any atom is 0.407 e. The summed E-state index contributed by atoms with van der Waals surface area (Å²) in [7, 11) is 3.50. The number of aromatic nitrogens is 2. The predicted molar refractivity (Wildman–Crippen MR) is 86.9 cm³/mol. The van der Waals surface area contributed by atoms with Crippen LogP contribution in [0.15, 0.2) is 24.4 Å². The minimum atomic E-state index is -0.905. The maximum absolute atomic E-state index is 11.1. The molecular weight excluding hydrogens is 294 g/mol. The van der Waals surface area contributed by atoms with Gasteiger partial charge in [-0.2, -0.15) is 5.10 Å². The highest BCUT2D eigenvalue weighted by atomic mass is 16.5. The lowest BCUT2D eigenvalue weighted by Crippen LogP contribution is -2.31. The second-order valence-corrected chi connectivity index (χ2v) is 6.02. The number of aryl methyl sites for hydroxylation is 2. The Morgan fingerprint density at radius 1 is 1.48 bits per heavy atom. The first-order valence-electron chi connectivity index (χ1n) is 7.67. The lowest BCUT2D eigenvalue weighted by atomic mass is 9.89. The lowest BCUT2D eigenvalue weighted by molar-refractivity contribution is 0.149. The summed E-state index contributed by atoms with van der Waals surface area (Å²) in [5.74, 6) is 1.01. The quantitative estimate of drug-likeness (QED) is 0.945. The van der Waals surface area contributed by atoms with Gasteiger partial charge in [-0.15, -0.1) is 0 Å². The van der Waals surface area contributed by atoms with E-state index in [1.807, 2.05) is 38.4 Å². The standard InChI is InChI=1S/C17H21N3O3/c1-11-15(10-20(3)18-11)14-6-4-5-13-12(7-8-23-16(13)14)9-19(2)17(21)22/h4-6,10,12H,7-9H2,1-3H3,(H,21,22). The Hall–Kier alpha value is -2.50. The van der Waals surface area contributed by atoms with Crippen molar-refractivity contribution in [1.82, 2.24) is 14.7 Å². The molecule has 1 aromatic heterocycles. The third kappa shape index (κ3) is 2.88. The van der Waals surface area contributed by atoms with E-state index >= 15 is 0 Å². The van der Waals surface area contributed by atoms with E-state index in [0.717, 1.165) is 34.6 Å². The summed E-state index contributed by atoms with van der Waals surface area (Å²) in [5, 5.41) is 13.5. The molecule has 122 valence electrons. The third-order valence-electron chi connectivity index (χ3n) is 4.32. The summed E-state index contributed by atoms with van der Waals surface area (Å²) in [5.41, 5.74) is 4.10. The predicted octanol–water partition coefficient (Wildman–Crippen LogP) is 2.87. The monoisotopic (exact) mass is 315 g/mol. The summed E-state index contributed by atoms with van der Waals surface area (Å²) in [6.45, 7) is 3.05. The molecule has 2 aromatic rings. The SMILES string of the molecule is Cc1nn(C)cc1-c1cccc2c1OCCC2CN(C)C(=O)O. The van der Waals surface area contributed by atoms with Crippen molar-refractivity contribution in [3.63, 3.8) is 0 Å². The lowest BCUT2D eigenvalue weighted by Gasteiger charge is -2.29. The molecule has 3 rings (SSSR count). The van der Waals surface area contributed by atoms with Crippen LogP contribution >= 0.6 is 0 Å². The minimum absolute atomic E-state index is 0.150. The van der Waals surface area contributed by atoms with Crippen LogP contribution in [0.4, 0.5) is 4.79 Å². The van der Waals surface area contributed by atoms with Crippen molar-refractivity contribution in [3.8, 4) is 16.9 Å². The van der Waals surface area contributed by atoms with E-state index in [1.165, 1.54) is 4.90 Å². The van der Waals surface area contributed by atoms with Crippen LogP contribution in [-0.2, 0) is 7.05 Å². The van der Waals surface area contributed by atoms with Crippen LogP contribution in [0, 0.1) is 6.92 Å². The van der Waals surface area contributed by atoms with E-state index in [0.29, 0.717) is 13.2 Å². The summed E-state index contributed by atoms with van der Waals surface area (Å²) >= 11 is 0. The third-order valence-corrected chi connectivity index (χ3v) is 4.32. The molecule has 23 heavy (non-hydrogen) atoms. The zero-order chi connectivity index (χ0) is 16.6. The highest BCUT2D eigenvalue weighted by Crippen LogP contribution is 2.41. The molecule has 6 heteroatoms. The van der Waals surface area contributed by atoms with Gasteiger partial charge in [-0.1, -0.05) is 18.2 Å². The average molecular weight is 315 g/mol. The van der Waals surface area contributed by atoms with Gasteiger partial charge in [-0.05, 0) is 18.9 Å². The van der Waals surface area contributed by atoms with Gasteiger partial charge < -0.3 is 14.7 Å². The number of hydrogen-bond donors (Lipinski definition) is 1. The first-order chi connectivity index (χ1) is 11.0. The Morgan fingerprint density at radius 3 is 2.91 bits per heavy atom. The maximum atomic E-state index is 11.1. The smallest absolute Gasteiger partial charge is 0.407 e. The molecule has 0 saturated carbocycles. The molecule has 1 aliphatic heterocycles. The Kier molecular flexibility index (Phi) is 3.98. The fourth-order valence-corrected chi connectivity index (χ4v) is 3.17. The first kappa shape index (κ1) is 15.4. The van der Waals surface area contributed by atoms with Gasteiger partial charge in [-0.25, -0.2) is 4.79 Å². The van der Waals surface area contributed by atoms with Crippen LogP contribution < -0.4 is 4.74 Å². The van der Waals surface area contributed by atoms with Gasteiger partial charge in [0.1, 0.15) is 5.75 Å². The number of amides is 1. The molecule has 1 atom stereocenters. The molecule has 0 saturated heterocycles. The molecule has 6 nitrogen and oxygen atoms in total. The fourth-order valence-electron chi connectivity index (χ4n) is 3.17. The molecule has 0 radical (unpaired) electrons. The molecule has 1 amide bonds. The Morgan fingerprint density at radius 2 is 2.26 bits per heavy atom. The summed E-state index contributed by atoms with van der Waals surface area (Å²) in [4.78, 5) is 12.4. The van der Waals surface area contributed by atoms with Crippen molar-refractivity contribution in [2.75, 3.05) is 20.2 Å². The van der Waals surface area contributed by atoms with Gasteiger partial charge in [-0.3, -0.25) is 4.68 Å². The number of benzene rings is 1. The van der Waals surface area contributed by atoms with Crippen molar-refractivity contribution in [2.24, 2.45) is 7.05 Å². The average Bonchev–Trinajstić information content (AvgIpc) is 2.85. The van der Waals surface area contributed by atoms with Gasteiger partial charge in [0.2, 0.25) is 0 Å². The topological polar surface area (TPSA) is 67.6 Å². The number of carbonyl (C=O) groups is 1. The molecule has 1 aliphatic rings. The zero-order valence-corrected chi connectivity index (χ0v) is 13.6. The number of carboxylic acid groups (broad SMARTS) is 1. The van der Waals surface area contributed by atoms with Crippen LogP contribution in [-0.4, -0.2) is 46.1 Å². The molecule has 1 aromatic carbocycles. The van der Waals surface area contributed by atoms with Crippen molar-refractivity contribution >= 4 is 6.09 Å². The first-order valence-corrected chi connectivity index (χ1v) is 7.67. The highest BCUT2D eigenvalue weighted by Gasteiger charge is 2.27. The molecule has 1 unspecified atom stereocenters. The summed E-state index contributed by atoms with van der Waals surface area (Å²) < 4.78 is 7.74. The number of fused-ring (bicyclic) bond motifs is 1. The Balaban J connectivity index is 2.00. The van der Waals surface area contributed by atoms with E-state index in [2.05, 4.69) is 5.10 Å². The number of ether oxygens (including phenoxy) is 1. The Labute approximate surface area is 135 Å². The molecule has 0 aliphatic carbocycles. The largest absolute Gasteiger partial charge is 0.493 e. The van der Waals surface area contributed by atoms with E-state index in [-0.39, 0.29) is 5.92 Å². The second-order valence-electron chi connectivity index (χ2n) is 6.02. The summed E-state index contributed by atoms with van der Waals surface area (Å²) in [6, 6.07) is 6.07. The van der Waals surface area contributed by atoms with Gasteiger partial charge >= 0.3 is 6.09 Å². The van der Waals surface area contributed by atoms with E-state index in [4.69, 9.17) is 9.84 Å². The van der Waals surface area contributed by atoms with Crippen LogP contribution in [0.25, 0.3) is 11.1 Å². The molecular formula is C17H21N3O3. The number of para-hydroxylation sites is 1. The number of hydrogen-bond acceptors (Lipinski definition) is 3. The Bertz CT molecular complexity index is 739. The van der Waals surface area contributed by atoms with Crippen molar-refractivity contribution in [3.05, 3.63) is 35.7 Å². The van der Waals surface area contributed by atoms with Crippen LogP contribution in [0.1, 0.15) is 23.6 Å². The highest BCUT2D eigenvalue weighted by molar-refractivity contribution is 5.74. The van der Waals surface area contributed by atoms with E-state index in [1.54, 1.807) is 11.7 Å². The minimum Gasteiger partial charge on any atom is -0.493 e. The van der Waals surface area contributed by atoms with Crippen molar-refractivity contribution in [1.29, 1.82) is 0 Å². The normalized spacial score (nSPS) is 16.6. The number of nitrogens with zero attached hydrogens (tertiary/aromatic N) is 3. The molecule has 2 heterocycles. The van der Waals surface area contributed by atoms with Gasteiger partial charge in [0, 0.05) is 43.9 Å². The van der Waals surface area contributed by atoms with Crippen LogP contribution in [0.2, 0.25) is 0 Å². The van der Waals surface area contributed by atoms with Crippen molar-refractivity contribution in [2.45, 2.75) is 19.3 Å². The second kappa shape index (κ2) is 5.95. The van der Waals surface area contributed by atoms with Gasteiger partial charge in [0.05, 0.1) is 12.3 Å². The molecule has 0 fully saturated rings. The van der Waals surface area contributed by atoms with Crippen LogP contribution in [0.5, 0.6) is 5.75 Å². The molecule has 0 spiro atoms. The number of rotatable bonds is 3. The molecule has 1 N–H and O–H groups in total. The van der Waals surface area contributed by atoms with E-state index < -0.39 is 6.09 Å². The summed E-state index contributed by atoms with van der Waals surface area (Å²) in [6.07, 6.45) is 1.90. The van der Waals surface area contributed by atoms with E-state index in [9.17, 15) is 4.79 Å². The van der Waals surface area contributed by atoms with Crippen LogP contribution in [0.3, 0.4) is 0 Å². The fraction of sp³-hybridized carbons (Fsp3) is 0.412. The van der Waals surface area contributed by atoms with Gasteiger partial charge in [0.15, 0.2) is 0 Å².